The number of hydrogen-bond donors (Lipinski definition) is 2. The van der Waals surface area contributed by atoms with Gasteiger partial charge >= 0.3 is 5.97 Å². The number of aromatic nitrogens is 1. The predicted molar refractivity (Wildman–Crippen MR) is 103 cm³/mol. The van der Waals surface area contributed by atoms with E-state index in [4.69, 9.17) is 27.8 Å². The maximum Gasteiger partial charge on any atom is 0.341 e. The van der Waals surface area contributed by atoms with Crippen molar-refractivity contribution in [1.82, 2.24) is 4.57 Å². The van der Waals surface area contributed by atoms with Gasteiger partial charge < -0.3 is 19.1 Å². The number of aliphatic hydroxyl groups excluding tert-OH is 1. The average Bonchev–Trinajstić information content (AvgIpc) is 2.64. The van der Waals surface area contributed by atoms with E-state index < -0.39 is 11.4 Å². The molecule has 140 valence electrons. The SMILES string of the molecule is O=C(O)c1cn(CCO)c2ccc(Cc3cccc(Cl)c3OCl)cc2c1=O. The summed E-state index contributed by atoms with van der Waals surface area (Å²) in [7, 11) is 0. The lowest BCUT2D eigenvalue weighted by Gasteiger charge is -2.13. The maximum absolute atomic E-state index is 12.6. The van der Waals surface area contributed by atoms with Crippen molar-refractivity contribution in [2.75, 3.05) is 6.61 Å². The molecule has 3 rings (SSSR count). The zero-order chi connectivity index (χ0) is 19.6. The van der Waals surface area contributed by atoms with Crippen LogP contribution in [0.4, 0.5) is 0 Å². The van der Waals surface area contributed by atoms with Crippen molar-refractivity contribution in [3.05, 3.63) is 74.5 Å². The second-order valence-corrected chi connectivity index (χ2v) is 6.49. The van der Waals surface area contributed by atoms with Gasteiger partial charge in [-0.3, -0.25) is 4.79 Å². The van der Waals surface area contributed by atoms with Crippen molar-refractivity contribution in [3.8, 4) is 5.75 Å². The molecule has 0 saturated carbocycles. The van der Waals surface area contributed by atoms with Crippen molar-refractivity contribution in [1.29, 1.82) is 0 Å². The van der Waals surface area contributed by atoms with Crippen LogP contribution < -0.4 is 9.72 Å². The topological polar surface area (TPSA) is 88.8 Å². The van der Waals surface area contributed by atoms with Crippen LogP contribution in [0.5, 0.6) is 5.75 Å². The molecular formula is C19H15Cl2NO5. The molecule has 0 spiro atoms. The Morgan fingerprint density at radius 3 is 2.67 bits per heavy atom. The first kappa shape index (κ1) is 19.2. The smallest absolute Gasteiger partial charge is 0.341 e. The lowest BCUT2D eigenvalue weighted by molar-refractivity contribution is 0.0694. The molecule has 0 fully saturated rings. The Hall–Kier alpha value is -2.54. The minimum absolute atomic E-state index is 0.176. The van der Waals surface area contributed by atoms with Crippen molar-refractivity contribution < 1.29 is 19.3 Å². The molecule has 0 saturated heterocycles. The fourth-order valence-corrected chi connectivity index (χ4v) is 3.45. The Kier molecular flexibility index (Phi) is 5.70. The summed E-state index contributed by atoms with van der Waals surface area (Å²) in [6, 6.07) is 10.4. The summed E-state index contributed by atoms with van der Waals surface area (Å²) in [6.07, 6.45) is 1.63. The Labute approximate surface area is 164 Å². The van der Waals surface area contributed by atoms with Crippen molar-refractivity contribution in [3.63, 3.8) is 0 Å². The summed E-state index contributed by atoms with van der Waals surface area (Å²) in [5.74, 6) is -0.982. The Morgan fingerprint density at radius 1 is 1.22 bits per heavy atom. The number of carbonyl (C=O) groups is 1. The third-order valence-electron chi connectivity index (χ3n) is 4.24. The first-order valence-electron chi connectivity index (χ1n) is 8.02. The Bertz CT molecular complexity index is 1080. The fourth-order valence-electron chi connectivity index (χ4n) is 3.00. The van der Waals surface area contributed by atoms with E-state index >= 15 is 0 Å². The van der Waals surface area contributed by atoms with E-state index in [0.717, 1.165) is 11.1 Å². The third kappa shape index (κ3) is 3.78. The number of carboxylic acids is 1. The highest BCUT2D eigenvalue weighted by atomic mass is 35.5. The minimum atomic E-state index is -1.31. The molecule has 0 atom stereocenters. The number of pyridine rings is 1. The largest absolute Gasteiger partial charge is 0.477 e. The number of benzene rings is 2. The summed E-state index contributed by atoms with van der Waals surface area (Å²) in [4.78, 5) is 24.0. The molecule has 6 nitrogen and oxygen atoms in total. The minimum Gasteiger partial charge on any atom is -0.477 e. The standard InChI is InChI=1S/C19H15Cl2NO5/c20-15-3-1-2-12(18(15)27-21)8-11-4-5-16-13(9-11)17(24)14(19(25)26)10-22(16)6-7-23/h1-5,9-10,23H,6-8H2,(H,25,26). The maximum atomic E-state index is 12.6. The first-order chi connectivity index (χ1) is 13.0. The van der Waals surface area contributed by atoms with Gasteiger partial charge in [0.1, 0.15) is 17.4 Å². The van der Waals surface area contributed by atoms with Gasteiger partial charge in [-0.25, -0.2) is 4.79 Å². The third-order valence-corrected chi connectivity index (χ3v) is 4.69. The zero-order valence-electron chi connectivity index (χ0n) is 14.0. The van der Waals surface area contributed by atoms with Gasteiger partial charge in [0, 0.05) is 30.1 Å². The Morgan fingerprint density at radius 2 is 2.00 bits per heavy atom. The van der Waals surface area contributed by atoms with Crippen molar-refractivity contribution in [2.24, 2.45) is 0 Å². The second-order valence-electron chi connectivity index (χ2n) is 5.93. The van der Waals surface area contributed by atoms with Gasteiger partial charge in [-0.05, 0) is 23.8 Å². The van der Waals surface area contributed by atoms with Gasteiger partial charge in [0.15, 0.2) is 5.75 Å². The van der Waals surface area contributed by atoms with Crippen molar-refractivity contribution in [2.45, 2.75) is 13.0 Å². The van der Waals surface area contributed by atoms with Crippen LogP contribution in [0.2, 0.25) is 5.02 Å². The molecular weight excluding hydrogens is 393 g/mol. The zero-order valence-corrected chi connectivity index (χ0v) is 15.5. The predicted octanol–water partition coefficient (Wildman–Crippen LogP) is 3.47. The van der Waals surface area contributed by atoms with Gasteiger partial charge in [0.05, 0.1) is 17.1 Å². The number of rotatable bonds is 6. The number of aromatic carboxylic acids is 1. The van der Waals surface area contributed by atoms with Crippen LogP contribution in [0, 0.1) is 0 Å². The first-order valence-corrected chi connectivity index (χ1v) is 8.71. The highest BCUT2D eigenvalue weighted by Gasteiger charge is 2.16. The van der Waals surface area contributed by atoms with E-state index in [1.54, 1.807) is 34.9 Å². The molecule has 0 aliphatic heterocycles. The normalized spacial score (nSPS) is 10.9. The number of aliphatic hydroxyl groups is 1. The van der Waals surface area contributed by atoms with Crippen LogP contribution >= 0.6 is 23.5 Å². The van der Waals surface area contributed by atoms with Gasteiger partial charge in [0.25, 0.3) is 0 Å². The lowest BCUT2D eigenvalue weighted by atomic mass is 10.0. The highest BCUT2D eigenvalue weighted by Crippen LogP contribution is 2.31. The van der Waals surface area contributed by atoms with E-state index in [1.807, 2.05) is 6.07 Å². The summed E-state index contributed by atoms with van der Waals surface area (Å²) in [5.41, 5.74) is 1.11. The van der Waals surface area contributed by atoms with Gasteiger partial charge in [-0.1, -0.05) is 29.8 Å². The van der Waals surface area contributed by atoms with E-state index in [9.17, 15) is 19.8 Å². The number of para-hydroxylation sites is 1. The Balaban J connectivity index is 2.15. The van der Waals surface area contributed by atoms with Crippen LogP contribution in [-0.2, 0) is 13.0 Å². The van der Waals surface area contributed by atoms with E-state index in [2.05, 4.69) is 0 Å². The highest BCUT2D eigenvalue weighted by molar-refractivity contribution is 6.32. The molecule has 0 aliphatic carbocycles. The van der Waals surface area contributed by atoms with Gasteiger partial charge in [-0.15, -0.1) is 0 Å². The molecule has 27 heavy (non-hydrogen) atoms. The number of halogens is 2. The van der Waals surface area contributed by atoms with Gasteiger partial charge in [-0.2, -0.15) is 0 Å². The lowest BCUT2D eigenvalue weighted by Crippen LogP contribution is -2.19. The molecule has 8 heteroatoms. The number of fused-ring (bicyclic) bond motifs is 1. The number of carboxylic acid groups (broad SMARTS) is 1. The molecule has 0 amide bonds. The molecule has 0 radical (unpaired) electrons. The van der Waals surface area contributed by atoms with Crippen LogP contribution in [0.15, 0.2) is 47.4 Å². The molecule has 0 bridgehead atoms. The fraction of sp³-hybridized carbons (Fsp3) is 0.158. The molecule has 0 aliphatic rings. The van der Waals surface area contributed by atoms with Crippen LogP contribution in [0.25, 0.3) is 10.9 Å². The number of hydrogen-bond acceptors (Lipinski definition) is 4. The summed E-state index contributed by atoms with van der Waals surface area (Å²) >= 11 is 11.6. The van der Waals surface area contributed by atoms with Crippen molar-refractivity contribution >= 4 is 40.3 Å². The molecule has 2 aromatic carbocycles. The van der Waals surface area contributed by atoms with Crippen LogP contribution in [-0.4, -0.2) is 27.4 Å². The second kappa shape index (κ2) is 8.00. The molecule has 2 N–H and O–H groups in total. The summed E-state index contributed by atoms with van der Waals surface area (Å²) in [6.45, 7) is -0.00729. The average molecular weight is 408 g/mol. The molecule has 3 aromatic rings. The van der Waals surface area contributed by atoms with E-state index in [0.29, 0.717) is 22.7 Å². The van der Waals surface area contributed by atoms with E-state index in [1.165, 1.54) is 6.20 Å². The van der Waals surface area contributed by atoms with Crippen LogP contribution in [0.3, 0.4) is 0 Å². The van der Waals surface area contributed by atoms with E-state index in [-0.39, 0.29) is 24.1 Å². The van der Waals surface area contributed by atoms with Crippen LogP contribution in [0.1, 0.15) is 21.5 Å². The quantitative estimate of drug-likeness (QED) is 0.652. The number of nitrogens with zero attached hydrogens (tertiary/aromatic N) is 1. The molecule has 0 unspecified atom stereocenters. The monoisotopic (exact) mass is 407 g/mol. The van der Waals surface area contributed by atoms with Gasteiger partial charge in [0.2, 0.25) is 5.43 Å². The summed E-state index contributed by atoms with van der Waals surface area (Å²) in [5, 5.41) is 19.1. The summed E-state index contributed by atoms with van der Waals surface area (Å²) < 4.78 is 6.38. The molecule has 1 heterocycles. The molecule has 1 aromatic heterocycles.